The Morgan fingerprint density at radius 3 is 2.46 bits per heavy atom. The topological polar surface area (TPSA) is 105 Å². The Morgan fingerprint density at radius 1 is 1.06 bits per heavy atom. The lowest BCUT2D eigenvalue weighted by Gasteiger charge is -2.25. The number of fused-ring (bicyclic) bond motifs is 1. The van der Waals surface area contributed by atoms with E-state index < -0.39 is 0 Å². The van der Waals surface area contributed by atoms with E-state index >= 15 is 0 Å². The van der Waals surface area contributed by atoms with E-state index in [1.807, 2.05) is 26.0 Å². The molecular weight excluding hydrogens is 446 g/mol. The summed E-state index contributed by atoms with van der Waals surface area (Å²) < 4.78 is 20.5. The fourth-order valence-electron chi connectivity index (χ4n) is 3.81. The lowest BCUT2D eigenvalue weighted by molar-refractivity contribution is -0.714. The van der Waals surface area contributed by atoms with Crippen LogP contribution in [0.4, 0.5) is 5.95 Å². The van der Waals surface area contributed by atoms with Gasteiger partial charge >= 0.3 is 11.6 Å². The van der Waals surface area contributed by atoms with E-state index in [2.05, 4.69) is 37.9 Å². The summed E-state index contributed by atoms with van der Waals surface area (Å²) in [5, 5.41) is 8.77. The highest BCUT2D eigenvalue weighted by Gasteiger charge is 2.27. The van der Waals surface area contributed by atoms with E-state index in [0.29, 0.717) is 48.4 Å². The summed E-state index contributed by atoms with van der Waals surface area (Å²) in [6, 6.07) is 7.21. The van der Waals surface area contributed by atoms with E-state index in [1.54, 1.807) is 16.8 Å². The molecule has 0 bridgehead atoms. The number of anilines is 1. The van der Waals surface area contributed by atoms with E-state index in [-0.39, 0.29) is 23.7 Å². The molecule has 0 saturated heterocycles. The van der Waals surface area contributed by atoms with Gasteiger partial charge in [0.25, 0.3) is 5.88 Å². The molecule has 2 heterocycles. The highest BCUT2D eigenvalue weighted by atomic mass is 16.5. The van der Waals surface area contributed by atoms with Crippen LogP contribution in [0.1, 0.15) is 76.7 Å². The number of unbranched alkanes of at least 4 members (excludes halogenated alkanes) is 2. The maximum Gasteiger partial charge on any atom is 0.355 e. The van der Waals surface area contributed by atoms with Gasteiger partial charge in [-0.15, -0.1) is 4.68 Å². The highest BCUT2D eigenvalue weighted by Crippen LogP contribution is 2.40. The number of ketones is 1. The number of ether oxygens (including phenoxy) is 3. The standard InChI is InChI=1S/C26H38N5O4/c1-7-10-11-14-35-22-12-13-23-30(29-25(27)31(23)28-22)17-20(32)18-15-19(26(4,5)6)24(34-9-3)21(16-18)33-8-2/h12-13,15-16H,7-11,14,17H2,1-6H3,(H2,27,29)/q+1. The number of hydrogen-bond donors (Lipinski definition) is 1. The third kappa shape index (κ3) is 6.21. The zero-order valence-electron chi connectivity index (χ0n) is 21.8. The molecule has 0 spiro atoms. The van der Waals surface area contributed by atoms with E-state index in [1.165, 1.54) is 4.52 Å². The van der Waals surface area contributed by atoms with Crippen LogP contribution in [0.25, 0.3) is 5.65 Å². The monoisotopic (exact) mass is 484 g/mol. The lowest BCUT2D eigenvalue weighted by atomic mass is 9.84. The van der Waals surface area contributed by atoms with Crippen molar-refractivity contribution < 1.29 is 23.7 Å². The predicted octanol–water partition coefficient (Wildman–Crippen LogP) is 4.15. The van der Waals surface area contributed by atoms with Gasteiger partial charge in [0.2, 0.25) is 5.78 Å². The molecule has 0 aliphatic rings. The zero-order valence-corrected chi connectivity index (χ0v) is 21.8. The summed E-state index contributed by atoms with van der Waals surface area (Å²) in [5.74, 6) is 1.78. The van der Waals surface area contributed by atoms with Crippen LogP contribution in [0.5, 0.6) is 17.4 Å². The van der Waals surface area contributed by atoms with Crippen molar-refractivity contribution in [3.63, 3.8) is 0 Å². The number of hydrogen-bond acceptors (Lipinski definition) is 7. The average Bonchev–Trinajstić information content (AvgIpc) is 3.11. The van der Waals surface area contributed by atoms with Gasteiger partial charge in [-0.05, 0) is 48.0 Å². The Morgan fingerprint density at radius 2 is 1.80 bits per heavy atom. The van der Waals surface area contributed by atoms with Crippen LogP contribution in [-0.4, -0.2) is 40.3 Å². The second-order valence-corrected chi connectivity index (χ2v) is 9.40. The average molecular weight is 485 g/mol. The summed E-state index contributed by atoms with van der Waals surface area (Å²) in [4.78, 5) is 13.4. The molecule has 0 aliphatic heterocycles. The van der Waals surface area contributed by atoms with Crippen LogP contribution in [0, 0.1) is 0 Å². The summed E-state index contributed by atoms with van der Waals surface area (Å²) in [7, 11) is 0. The quantitative estimate of drug-likeness (QED) is 0.234. The van der Waals surface area contributed by atoms with Crippen molar-refractivity contribution in [2.45, 2.75) is 72.8 Å². The first kappa shape index (κ1) is 26.2. The van der Waals surface area contributed by atoms with Gasteiger partial charge < -0.3 is 19.9 Å². The molecule has 1 aromatic carbocycles. The van der Waals surface area contributed by atoms with E-state index in [4.69, 9.17) is 19.9 Å². The molecule has 0 aliphatic carbocycles. The molecule has 9 nitrogen and oxygen atoms in total. The molecule has 0 saturated carbocycles. The van der Waals surface area contributed by atoms with Crippen LogP contribution in [0.2, 0.25) is 0 Å². The van der Waals surface area contributed by atoms with Crippen molar-refractivity contribution >= 4 is 17.4 Å². The summed E-state index contributed by atoms with van der Waals surface area (Å²) in [6.07, 6.45) is 3.19. The van der Waals surface area contributed by atoms with Crippen LogP contribution in [0.15, 0.2) is 24.3 Å². The van der Waals surface area contributed by atoms with Gasteiger partial charge in [0, 0.05) is 23.3 Å². The van der Waals surface area contributed by atoms with Gasteiger partial charge in [-0.1, -0.05) is 45.1 Å². The van der Waals surface area contributed by atoms with Crippen LogP contribution >= 0.6 is 0 Å². The van der Waals surface area contributed by atoms with Crippen molar-refractivity contribution in [2.24, 2.45) is 0 Å². The van der Waals surface area contributed by atoms with Crippen molar-refractivity contribution in [1.82, 2.24) is 14.7 Å². The molecule has 0 radical (unpaired) electrons. The minimum Gasteiger partial charge on any atom is -0.490 e. The van der Waals surface area contributed by atoms with Crippen molar-refractivity contribution in [1.29, 1.82) is 0 Å². The third-order valence-electron chi connectivity index (χ3n) is 5.56. The number of carbonyl (C=O) groups excluding carboxylic acids is 1. The Bertz CT molecular complexity index is 1170. The summed E-state index contributed by atoms with van der Waals surface area (Å²) in [5.41, 5.74) is 7.90. The minimum absolute atomic E-state index is 0.00220. The van der Waals surface area contributed by atoms with Gasteiger partial charge in [-0.25, -0.2) is 0 Å². The lowest BCUT2D eigenvalue weighted by Crippen LogP contribution is -2.40. The number of aromatic nitrogens is 4. The van der Waals surface area contributed by atoms with Crippen LogP contribution < -0.4 is 24.6 Å². The van der Waals surface area contributed by atoms with Crippen LogP contribution in [-0.2, 0) is 12.0 Å². The SMILES string of the molecule is CCCCCOc1ccc2n(n1)c(N)n[n+]2CC(=O)c1cc(OCC)c(OCC)c(C(C)(C)C)c1. The predicted molar refractivity (Wildman–Crippen MR) is 134 cm³/mol. The third-order valence-corrected chi connectivity index (χ3v) is 5.56. The zero-order chi connectivity index (χ0) is 25.6. The minimum atomic E-state index is -0.247. The first-order chi connectivity index (χ1) is 16.7. The number of Topliss-reactive ketones (excluding diaryl/α,β-unsaturated/α-hetero) is 1. The molecule has 3 aromatic rings. The van der Waals surface area contributed by atoms with Gasteiger partial charge in [0.15, 0.2) is 18.0 Å². The molecular formula is C26H38N5O4+. The Hall–Kier alpha value is -3.36. The number of nitrogens with two attached hydrogens (primary N) is 1. The second kappa shape index (κ2) is 11.4. The van der Waals surface area contributed by atoms with Crippen LogP contribution in [0.3, 0.4) is 0 Å². The normalized spacial score (nSPS) is 11.6. The van der Waals surface area contributed by atoms with E-state index in [0.717, 1.165) is 24.8 Å². The van der Waals surface area contributed by atoms with Crippen molar-refractivity contribution in [2.75, 3.05) is 25.6 Å². The first-order valence-electron chi connectivity index (χ1n) is 12.3. The van der Waals surface area contributed by atoms with Gasteiger partial charge in [-0.3, -0.25) is 4.79 Å². The molecule has 190 valence electrons. The maximum atomic E-state index is 13.4. The van der Waals surface area contributed by atoms with Crippen molar-refractivity contribution in [3.05, 3.63) is 35.4 Å². The fraction of sp³-hybridized carbons (Fsp3) is 0.538. The second-order valence-electron chi connectivity index (χ2n) is 9.40. The molecule has 2 aromatic heterocycles. The van der Waals surface area contributed by atoms with E-state index in [9.17, 15) is 4.79 Å². The number of rotatable bonds is 12. The fourth-order valence-corrected chi connectivity index (χ4v) is 3.81. The molecule has 3 rings (SSSR count). The Labute approximate surface area is 207 Å². The van der Waals surface area contributed by atoms with Crippen molar-refractivity contribution in [3.8, 4) is 17.4 Å². The first-order valence-corrected chi connectivity index (χ1v) is 12.3. The molecule has 0 amide bonds. The largest absolute Gasteiger partial charge is 0.490 e. The smallest absolute Gasteiger partial charge is 0.355 e. The van der Waals surface area contributed by atoms with Gasteiger partial charge in [0.1, 0.15) is 0 Å². The Kier molecular flexibility index (Phi) is 8.53. The van der Waals surface area contributed by atoms with Gasteiger partial charge in [-0.2, -0.15) is 0 Å². The highest BCUT2D eigenvalue weighted by molar-refractivity contribution is 5.96. The molecule has 2 N–H and O–H groups in total. The number of nitrogen functional groups attached to an aromatic ring is 1. The molecule has 0 fully saturated rings. The number of carbonyl (C=O) groups is 1. The summed E-state index contributed by atoms with van der Waals surface area (Å²) in [6.45, 7) is 13.8. The number of nitrogens with zero attached hydrogens (tertiary/aromatic N) is 4. The molecule has 9 heteroatoms. The maximum absolute atomic E-state index is 13.4. The number of benzene rings is 1. The Balaban J connectivity index is 1.91. The molecule has 35 heavy (non-hydrogen) atoms. The molecule has 0 unspecified atom stereocenters. The summed E-state index contributed by atoms with van der Waals surface area (Å²) >= 11 is 0. The molecule has 0 atom stereocenters. The van der Waals surface area contributed by atoms with Gasteiger partial charge in [0.05, 0.1) is 19.8 Å².